The number of rotatable bonds is 5. The molecular formula is C16H24N2O4S. The van der Waals surface area contributed by atoms with Gasteiger partial charge < -0.3 is 10.5 Å². The average molecular weight is 340 g/mol. The second-order valence-corrected chi connectivity index (χ2v) is 7.82. The summed E-state index contributed by atoms with van der Waals surface area (Å²) in [5.41, 5.74) is 5.85. The summed E-state index contributed by atoms with van der Waals surface area (Å²) < 4.78 is 32.4. The molecule has 0 atom stereocenters. The van der Waals surface area contributed by atoms with E-state index >= 15 is 0 Å². The predicted octanol–water partition coefficient (Wildman–Crippen LogP) is 1.80. The van der Waals surface area contributed by atoms with E-state index in [0.717, 1.165) is 38.5 Å². The molecular weight excluding hydrogens is 316 g/mol. The van der Waals surface area contributed by atoms with Gasteiger partial charge in [0.15, 0.2) is 0 Å². The number of nitrogens with two attached hydrogens (primary N) is 1. The van der Waals surface area contributed by atoms with E-state index in [1.54, 1.807) is 12.1 Å². The molecule has 0 saturated heterocycles. The minimum absolute atomic E-state index is 0.0226. The normalized spacial score (nSPS) is 18.2. The highest BCUT2D eigenvalue weighted by atomic mass is 32.2. The first-order valence-corrected chi connectivity index (χ1v) is 9.32. The van der Waals surface area contributed by atoms with Crippen molar-refractivity contribution in [3.05, 3.63) is 29.8 Å². The number of sulfonamides is 1. The van der Waals surface area contributed by atoms with Crippen molar-refractivity contribution < 1.29 is 17.9 Å². The molecule has 0 spiro atoms. The highest BCUT2D eigenvalue weighted by Gasteiger charge is 2.30. The van der Waals surface area contributed by atoms with Crippen LogP contribution in [0.25, 0.3) is 0 Å². The Morgan fingerprint density at radius 3 is 2.43 bits per heavy atom. The Morgan fingerprint density at radius 1 is 1.22 bits per heavy atom. The molecule has 0 aliphatic heterocycles. The standard InChI is InChI=1S/C16H24N2O4S/c1-22-15(19)13-8-4-5-9-14(13)23(20,21)18-12-16(17)10-6-2-3-7-11-16/h4-5,8-9,18H,2-3,6-7,10-12,17H2,1H3. The first-order chi connectivity index (χ1) is 10.9. The summed E-state index contributed by atoms with van der Waals surface area (Å²) in [4.78, 5) is 11.7. The molecule has 0 aromatic heterocycles. The molecule has 1 saturated carbocycles. The van der Waals surface area contributed by atoms with Gasteiger partial charge in [0.2, 0.25) is 10.0 Å². The monoisotopic (exact) mass is 340 g/mol. The van der Waals surface area contributed by atoms with Crippen molar-refractivity contribution in [3.8, 4) is 0 Å². The highest BCUT2D eigenvalue weighted by molar-refractivity contribution is 7.89. The van der Waals surface area contributed by atoms with Gasteiger partial charge in [-0.1, -0.05) is 37.8 Å². The Morgan fingerprint density at radius 2 is 1.83 bits per heavy atom. The maximum atomic E-state index is 12.6. The molecule has 1 aliphatic carbocycles. The fraction of sp³-hybridized carbons (Fsp3) is 0.562. The number of benzene rings is 1. The van der Waals surface area contributed by atoms with Gasteiger partial charge in [0.25, 0.3) is 0 Å². The molecule has 6 nitrogen and oxygen atoms in total. The zero-order valence-corrected chi connectivity index (χ0v) is 14.2. The van der Waals surface area contributed by atoms with Crippen LogP contribution in [0.4, 0.5) is 0 Å². The van der Waals surface area contributed by atoms with Crippen LogP contribution < -0.4 is 10.5 Å². The summed E-state index contributed by atoms with van der Waals surface area (Å²) in [6.07, 6.45) is 5.89. The van der Waals surface area contributed by atoms with Crippen LogP contribution in [0.15, 0.2) is 29.2 Å². The zero-order valence-electron chi connectivity index (χ0n) is 13.4. The van der Waals surface area contributed by atoms with Crippen molar-refractivity contribution in [2.45, 2.75) is 49.0 Å². The Labute approximate surface area is 137 Å². The van der Waals surface area contributed by atoms with Gasteiger partial charge in [0, 0.05) is 12.1 Å². The van der Waals surface area contributed by atoms with E-state index in [1.807, 2.05) is 0 Å². The van der Waals surface area contributed by atoms with Crippen LogP contribution in [0.2, 0.25) is 0 Å². The van der Waals surface area contributed by atoms with E-state index in [4.69, 9.17) is 5.73 Å². The number of esters is 1. The number of ether oxygens (including phenoxy) is 1. The third-order valence-corrected chi connectivity index (χ3v) is 5.75. The van der Waals surface area contributed by atoms with E-state index in [-0.39, 0.29) is 17.0 Å². The fourth-order valence-corrected chi connectivity index (χ4v) is 4.24. The molecule has 1 aliphatic rings. The Balaban J connectivity index is 2.18. The summed E-state index contributed by atoms with van der Waals surface area (Å²) in [6, 6.07) is 6.00. The van der Waals surface area contributed by atoms with Gasteiger partial charge in [-0.05, 0) is 25.0 Å². The topological polar surface area (TPSA) is 98.5 Å². The molecule has 3 N–H and O–H groups in total. The van der Waals surface area contributed by atoms with Gasteiger partial charge in [-0.3, -0.25) is 0 Å². The lowest BCUT2D eigenvalue weighted by Gasteiger charge is -2.28. The van der Waals surface area contributed by atoms with Crippen LogP contribution in [0.1, 0.15) is 48.9 Å². The molecule has 0 heterocycles. The first kappa shape index (κ1) is 17.9. The Bertz CT molecular complexity index is 650. The average Bonchev–Trinajstić information content (AvgIpc) is 2.78. The second-order valence-electron chi connectivity index (χ2n) is 6.09. The fourth-order valence-electron chi connectivity index (χ4n) is 2.91. The third-order valence-electron chi connectivity index (χ3n) is 4.30. The number of methoxy groups -OCH3 is 1. The van der Waals surface area contributed by atoms with E-state index in [1.165, 1.54) is 19.2 Å². The zero-order chi connectivity index (χ0) is 16.9. The van der Waals surface area contributed by atoms with Crippen molar-refractivity contribution in [2.24, 2.45) is 5.73 Å². The number of carbonyl (C=O) groups is 1. The van der Waals surface area contributed by atoms with Crippen molar-refractivity contribution in [1.82, 2.24) is 4.72 Å². The van der Waals surface area contributed by atoms with E-state index in [9.17, 15) is 13.2 Å². The van der Waals surface area contributed by atoms with Gasteiger partial charge in [-0.2, -0.15) is 0 Å². The van der Waals surface area contributed by atoms with Gasteiger partial charge in [-0.25, -0.2) is 17.9 Å². The molecule has 1 aromatic carbocycles. The van der Waals surface area contributed by atoms with Gasteiger partial charge in [-0.15, -0.1) is 0 Å². The summed E-state index contributed by atoms with van der Waals surface area (Å²) in [5.74, 6) is -0.678. The molecule has 128 valence electrons. The highest BCUT2D eigenvalue weighted by Crippen LogP contribution is 2.25. The summed E-state index contributed by atoms with van der Waals surface area (Å²) >= 11 is 0. The van der Waals surface area contributed by atoms with Gasteiger partial charge >= 0.3 is 5.97 Å². The lowest BCUT2D eigenvalue weighted by molar-refractivity contribution is 0.0596. The predicted molar refractivity (Wildman–Crippen MR) is 87.6 cm³/mol. The molecule has 0 bridgehead atoms. The second kappa shape index (κ2) is 7.42. The number of carbonyl (C=O) groups excluding carboxylic acids is 1. The van der Waals surface area contributed by atoms with Crippen LogP contribution in [0.5, 0.6) is 0 Å². The van der Waals surface area contributed by atoms with Crippen molar-refractivity contribution in [3.63, 3.8) is 0 Å². The quantitative estimate of drug-likeness (QED) is 0.629. The lowest BCUT2D eigenvalue weighted by Crippen LogP contribution is -2.49. The summed E-state index contributed by atoms with van der Waals surface area (Å²) in [6.45, 7) is 0.171. The SMILES string of the molecule is COC(=O)c1ccccc1S(=O)(=O)NCC1(N)CCCCCC1. The summed E-state index contributed by atoms with van der Waals surface area (Å²) in [7, 11) is -2.60. The summed E-state index contributed by atoms with van der Waals surface area (Å²) in [5, 5.41) is 0. The third kappa shape index (κ3) is 4.53. The van der Waals surface area contributed by atoms with Gasteiger partial charge in [0.1, 0.15) is 0 Å². The molecule has 0 unspecified atom stereocenters. The maximum absolute atomic E-state index is 12.6. The number of hydrogen-bond acceptors (Lipinski definition) is 5. The minimum atomic E-state index is -3.83. The van der Waals surface area contributed by atoms with E-state index in [0.29, 0.717) is 0 Å². The number of nitrogens with one attached hydrogen (secondary N) is 1. The minimum Gasteiger partial charge on any atom is -0.465 e. The van der Waals surface area contributed by atoms with Crippen LogP contribution >= 0.6 is 0 Å². The molecule has 1 fully saturated rings. The van der Waals surface area contributed by atoms with Crippen molar-refractivity contribution in [1.29, 1.82) is 0 Å². The smallest absolute Gasteiger partial charge is 0.339 e. The molecule has 2 rings (SSSR count). The molecule has 23 heavy (non-hydrogen) atoms. The van der Waals surface area contributed by atoms with Gasteiger partial charge in [0.05, 0.1) is 17.6 Å². The maximum Gasteiger partial charge on any atom is 0.339 e. The number of hydrogen-bond donors (Lipinski definition) is 2. The molecule has 0 radical (unpaired) electrons. The van der Waals surface area contributed by atoms with Crippen LogP contribution in [-0.4, -0.2) is 33.6 Å². The Kier molecular flexibility index (Phi) is 5.78. The molecule has 7 heteroatoms. The molecule has 1 aromatic rings. The van der Waals surface area contributed by atoms with E-state index < -0.39 is 21.5 Å². The van der Waals surface area contributed by atoms with Crippen LogP contribution in [0, 0.1) is 0 Å². The van der Waals surface area contributed by atoms with Crippen LogP contribution in [-0.2, 0) is 14.8 Å². The largest absolute Gasteiger partial charge is 0.465 e. The van der Waals surface area contributed by atoms with Crippen molar-refractivity contribution in [2.75, 3.05) is 13.7 Å². The Hall–Kier alpha value is -1.44. The van der Waals surface area contributed by atoms with Crippen LogP contribution in [0.3, 0.4) is 0 Å². The lowest BCUT2D eigenvalue weighted by atomic mass is 9.92. The van der Waals surface area contributed by atoms with Crippen molar-refractivity contribution >= 4 is 16.0 Å². The van der Waals surface area contributed by atoms with E-state index in [2.05, 4.69) is 9.46 Å². The first-order valence-electron chi connectivity index (χ1n) is 7.84. The molecule has 0 amide bonds.